The molecule has 1 aromatic carbocycles. The lowest BCUT2D eigenvalue weighted by Crippen LogP contribution is -2.34. The summed E-state index contributed by atoms with van der Waals surface area (Å²) in [5, 5.41) is 0. The third kappa shape index (κ3) is 2.23. The molecule has 0 saturated heterocycles. The average molecular weight is 323 g/mol. The highest BCUT2D eigenvalue weighted by Gasteiger charge is 2.18. The summed E-state index contributed by atoms with van der Waals surface area (Å²) in [7, 11) is 0. The molecule has 1 aliphatic rings. The van der Waals surface area contributed by atoms with Gasteiger partial charge in [0.1, 0.15) is 5.75 Å². The maximum atomic E-state index is 11.7. The van der Waals surface area contributed by atoms with Crippen LogP contribution in [0, 0.1) is 0 Å². The summed E-state index contributed by atoms with van der Waals surface area (Å²) >= 11 is 3.44. The molecule has 98 valence electrons. The first kappa shape index (κ1) is 12.2. The van der Waals surface area contributed by atoms with Crippen molar-refractivity contribution in [1.82, 2.24) is 9.55 Å². The van der Waals surface area contributed by atoms with Gasteiger partial charge in [0.2, 0.25) is 0 Å². The van der Waals surface area contributed by atoms with Crippen molar-refractivity contribution in [2.45, 2.75) is 13.0 Å². The topological polar surface area (TPSA) is 64.1 Å². The van der Waals surface area contributed by atoms with Gasteiger partial charge in [-0.25, -0.2) is 4.79 Å². The van der Waals surface area contributed by atoms with E-state index in [2.05, 4.69) is 20.9 Å². The highest BCUT2D eigenvalue weighted by atomic mass is 79.9. The van der Waals surface area contributed by atoms with Gasteiger partial charge in [0.15, 0.2) is 0 Å². The number of ether oxygens (including phenoxy) is 1. The first-order valence-electron chi connectivity index (χ1n) is 5.88. The smallest absolute Gasteiger partial charge is 0.328 e. The van der Waals surface area contributed by atoms with Crippen LogP contribution in [0.1, 0.15) is 11.1 Å². The van der Waals surface area contributed by atoms with Crippen molar-refractivity contribution < 1.29 is 4.74 Å². The first-order chi connectivity index (χ1) is 9.15. The molecule has 1 aliphatic heterocycles. The number of benzene rings is 1. The summed E-state index contributed by atoms with van der Waals surface area (Å²) in [4.78, 5) is 25.9. The maximum Gasteiger partial charge on any atom is 0.328 e. The Kier molecular flexibility index (Phi) is 3.02. The second-order valence-corrected chi connectivity index (χ2v) is 5.27. The molecule has 5 nitrogen and oxygen atoms in total. The lowest BCUT2D eigenvalue weighted by Gasteiger charge is -2.10. The van der Waals surface area contributed by atoms with Crippen LogP contribution >= 0.6 is 15.9 Å². The Bertz CT molecular complexity index is 720. The van der Waals surface area contributed by atoms with Crippen molar-refractivity contribution >= 4 is 15.9 Å². The molecule has 0 spiro atoms. The van der Waals surface area contributed by atoms with Crippen molar-refractivity contribution in [3.05, 3.63) is 60.8 Å². The van der Waals surface area contributed by atoms with Crippen LogP contribution in [-0.4, -0.2) is 16.2 Å². The number of nitrogens with zero attached hydrogens (tertiary/aromatic N) is 1. The minimum atomic E-state index is -0.417. The van der Waals surface area contributed by atoms with Crippen molar-refractivity contribution in [1.29, 1.82) is 0 Å². The van der Waals surface area contributed by atoms with Gasteiger partial charge < -0.3 is 9.72 Å². The number of fused-ring (bicyclic) bond motifs is 1. The molecule has 0 saturated carbocycles. The van der Waals surface area contributed by atoms with Crippen molar-refractivity contribution in [2.24, 2.45) is 0 Å². The molecule has 1 N–H and O–H groups in total. The van der Waals surface area contributed by atoms with Crippen LogP contribution in [0.25, 0.3) is 0 Å². The normalized spacial score (nSPS) is 13.1. The van der Waals surface area contributed by atoms with E-state index < -0.39 is 5.69 Å². The molecule has 0 bridgehead atoms. The molecular formula is C13H11BrN2O3. The summed E-state index contributed by atoms with van der Waals surface area (Å²) < 4.78 is 7.67. The second kappa shape index (κ2) is 4.70. The molecule has 0 radical (unpaired) electrons. The number of H-pyrrole nitrogens is 1. The first-order valence-corrected chi connectivity index (χ1v) is 6.67. The number of hydrogen-bond donors (Lipinski definition) is 1. The van der Waals surface area contributed by atoms with Crippen LogP contribution < -0.4 is 16.0 Å². The quantitative estimate of drug-likeness (QED) is 0.906. The molecule has 6 heteroatoms. The summed E-state index contributed by atoms with van der Waals surface area (Å²) in [6, 6.07) is 5.22. The van der Waals surface area contributed by atoms with Gasteiger partial charge in [0, 0.05) is 28.7 Å². The van der Waals surface area contributed by atoms with Crippen molar-refractivity contribution in [3.8, 4) is 5.75 Å². The van der Waals surface area contributed by atoms with E-state index >= 15 is 0 Å². The van der Waals surface area contributed by atoms with E-state index in [1.807, 2.05) is 12.1 Å². The zero-order valence-electron chi connectivity index (χ0n) is 9.98. The Morgan fingerprint density at radius 3 is 3.00 bits per heavy atom. The highest BCUT2D eigenvalue weighted by molar-refractivity contribution is 9.10. The summed E-state index contributed by atoms with van der Waals surface area (Å²) in [5.74, 6) is 0.790. The zero-order chi connectivity index (χ0) is 13.4. The molecule has 0 amide bonds. The van der Waals surface area contributed by atoms with Gasteiger partial charge >= 0.3 is 5.69 Å². The number of rotatable bonds is 2. The number of nitrogens with one attached hydrogen (secondary N) is 1. The fraction of sp³-hybridized carbons (Fsp3) is 0.231. The molecule has 2 heterocycles. The van der Waals surface area contributed by atoms with E-state index in [9.17, 15) is 9.59 Å². The molecule has 2 aromatic rings. The van der Waals surface area contributed by atoms with Crippen LogP contribution in [0.4, 0.5) is 0 Å². The minimum Gasteiger partial charge on any atom is -0.493 e. The molecule has 3 rings (SSSR count). The Morgan fingerprint density at radius 1 is 1.37 bits per heavy atom. The predicted octanol–water partition coefficient (Wildman–Crippen LogP) is 1.28. The third-order valence-electron chi connectivity index (χ3n) is 3.10. The summed E-state index contributed by atoms with van der Waals surface area (Å²) in [5.41, 5.74) is 1.19. The molecule has 0 aliphatic carbocycles. The molecule has 0 atom stereocenters. The van der Waals surface area contributed by atoms with Gasteiger partial charge in [0.05, 0.1) is 13.2 Å². The Morgan fingerprint density at radius 2 is 2.21 bits per heavy atom. The monoisotopic (exact) mass is 322 g/mol. The van der Waals surface area contributed by atoms with Gasteiger partial charge in [-0.05, 0) is 17.7 Å². The highest BCUT2D eigenvalue weighted by Crippen LogP contribution is 2.33. The van der Waals surface area contributed by atoms with E-state index in [1.54, 1.807) is 0 Å². The lowest BCUT2D eigenvalue weighted by molar-refractivity contribution is 0.352. The van der Waals surface area contributed by atoms with Crippen molar-refractivity contribution in [2.75, 3.05) is 6.61 Å². The molecule has 0 fully saturated rings. The van der Waals surface area contributed by atoms with E-state index in [0.29, 0.717) is 6.61 Å². The van der Waals surface area contributed by atoms with Crippen LogP contribution in [0.15, 0.2) is 38.5 Å². The number of aromatic amines is 1. The predicted molar refractivity (Wildman–Crippen MR) is 73.8 cm³/mol. The van der Waals surface area contributed by atoms with Gasteiger partial charge in [-0.3, -0.25) is 9.36 Å². The fourth-order valence-corrected chi connectivity index (χ4v) is 2.79. The van der Waals surface area contributed by atoms with E-state index in [4.69, 9.17) is 4.74 Å². The Labute approximate surface area is 117 Å². The molecular weight excluding hydrogens is 312 g/mol. The Balaban J connectivity index is 2.10. The van der Waals surface area contributed by atoms with Gasteiger partial charge in [0.25, 0.3) is 5.56 Å². The van der Waals surface area contributed by atoms with Crippen LogP contribution in [0.2, 0.25) is 0 Å². The minimum absolute atomic E-state index is 0.205. The fourth-order valence-electron chi connectivity index (χ4n) is 2.24. The van der Waals surface area contributed by atoms with Crippen molar-refractivity contribution in [3.63, 3.8) is 0 Å². The molecule has 19 heavy (non-hydrogen) atoms. The van der Waals surface area contributed by atoms with Gasteiger partial charge in [-0.15, -0.1) is 0 Å². The molecule has 0 unspecified atom stereocenters. The van der Waals surface area contributed by atoms with E-state index in [1.165, 1.54) is 12.3 Å². The van der Waals surface area contributed by atoms with E-state index in [0.717, 1.165) is 32.3 Å². The standard InChI is InChI=1S/C13H11BrN2O3/c14-10-5-8-2-4-19-12(8)9(6-10)7-16-11(17)1-3-15-13(16)18/h1,3,5-6H,2,4,7H2,(H,15,18). The average Bonchev–Trinajstić information content (AvgIpc) is 2.81. The van der Waals surface area contributed by atoms with Gasteiger partial charge in [-0.1, -0.05) is 15.9 Å². The largest absolute Gasteiger partial charge is 0.493 e. The lowest BCUT2D eigenvalue weighted by atomic mass is 10.1. The second-order valence-electron chi connectivity index (χ2n) is 4.36. The number of hydrogen-bond acceptors (Lipinski definition) is 3. The zero-order valence-corrected chi connectivity index (χ0v) is 11.6. The SMILES string of the molecule is O=c1cc[nH]c(=O)n1Cc1cc(Br)cc2c1OCC2. The number of halogens is 1. The van der Waals surface area contributed by atoms with Crippen LogP contribution in [0.3, 0.4) is 0 Å². The van der Waals surface area contributed by atoms with Gasteiger partial charge in [-0.2, -0.15) is 0 Å². The maximum absolute atomic E-state index is 11.7. The Hall–Kier alpha value is -1.82. The third-order valence-corrected chi connectivity index (χ3v) is 3.56. The van der Waals surface area contributed by atoms with E-state index in [-0.39, 0.29) is 12.1 Å². The van der Waals surface area contributed by atoms with Crippen LogP contribution in [0.5, 0.6) is 5.75 Å². The molecule has 1 aromatic heterocycles. The van der Waals surface area contributed by atoms with Crippen LogP contribution in [-0.2, 0) is 13.0 Å². The summed E-state index contributed by atoms with van der Waals surface area (Å²) in [6.07, 6.45) is 2.20. The summed E-state index contributed by atoms with van der Waals surface area (Å²) in [6.45, 7) is 0.843. The number of aromatic nitrogens is 2.